The summed E-state index contributed by atoms with van der Waals surface area (Å²) in [6, 6.07) is 7.34. The summed E-state index contributed by atoms with van der Waals surface area (Å²) in [5, 5.41) is 12.3. The van der Waals surface area contributed by atoms with E-state index in [1.165, 1.54) is 23.1 Å². The Morgan fingerprint density at radius 1 is 1.37 bits per heavy atom. The van der Waals surface area contributed by atoms with Crippen LogP contribution in [0, 0.1) is 0 Å². The van der Waals surface area contributed by atoms with E-state index < -0.39 is 0 Å². The van der Waals surface area contributed by atoms with Gasteiger partial charge in [-0.05, 0) is 12.1 Å². The lowest BCUT2D eigenvalue weighted by Gasteiger charge is -1.93. The summed E-state index contributed by atoms with van der Waals surface area (Å²) in [5.74, 6) is 1.66. The van der Waals surface area contributed by atoms with Crippen molar-refractivity contribution in [2.24, 2.45) is 0 Å². The lowest BCUT2D eigenvalue weighted by molar-refractivity contribution is 0.391. The molecule has 3 rings (SSSR count). The van der Waals surface area contributed by atoms with Crippen LogP contribution in [-0.2, 0) is 5.75 Å². The second-order valence-corrected chi connectivity index (χ2v) is 6.01. The molecule has 0 bridgehead atoms. The molecule has 2 heterocycles. The Kier molecular flexibility index (Phi) is 3.77. The Hall–Kier alpha value is -1.44. The highest BCUT2D eigenvalue weighted by Gasteiger charge is 2.10. The first kappa shape index (κ1) is 12.6. The fourth-order valence-corrected chi connectivity index (χ4v) is 2.92. The van der Waals surface area contributed by atoms with Gasteiger partial charge < -0.3 is 4.52 Å². The average molecular weight is 311 g/mol. The minimum absolute atomic E-state index is 0.537. The molecule has 3 aromatic rings. The van der Waals surface area contributed by atoms with Crippen molar-refractivity contribution in [1.82, 2.24) is 20.3 Å². The fourth-order valence-electron chi connectivity index (χ4n) is 1.41. The van der Waals surface area contributed by atoms with E-state index in [1.54, 1.807) is 17.6 Å². The van der Waals surface area contributed by atoms with Crippen LogP contribution in [0.5, 0.6) is 0 Å². The molecule has 0 aliphatic carbocycles. The molecule has 0 fully saturated rings. The minimum Gasteiger partial charge on any atom is -0.338 e. The Morgan fingerprint density at radius 3 is 3.11 bits per heavy atom. The van der Waals surface area contributed by atoms with Crippen LogP contribution in [0.2, 0.25) is 5.02 Å². The van der Waals surface area contributed by atoms with E-state index in [4.69, 9.17) is 16.1 Å². The number of rotatable bonds is 4. The minimum atomic E-state index is 0.537. The van der Waals surface area contributed by atoms with Gasteiger partial charge in [-0.15, -0.1) is 10.2 Å². The van der Waals surface area contributed by atoms with Gasteiger partial charge in [0, 0.05) is 10.6 Å². The lowest BCUT2D eigenvalue weighted by Crippen LogP contribution is -1.83. The Labute approximate surface area is 122 Å². The van der Waals surface area contributed by atoms with Gasteiger partial charge >= 0.3 is 0 Å². The van der Waals surface area contributed by atoms with Gasteiger partial charge in [0.15, 0.2) is 4.34 Å². The van der Waals surface area contributed by atoms with E-state index in [-0.39, 0.29) is 0 Å². The van der Waals surface area contributed by atoms with Gasteiger partial charge in [-0.3, -0.25) is 0 Å². The molecule has 0 aliphatic heterocycles. The number of aromatic nitrogens is 4. The molecule has 1 aromatic carbocycles. The molecule has 0 radical (unpaired) electrons. The third-order valence-corrected chi connectivity index (χ3v) is 4.29. The highest BCUT2D eigenvalue weighted by molar-refractivity contribution is 8.00. The van der Waals surface area contributed by atoms with Crippen LogP contribution in [0.15, 0.2) is 38.6 Å². The zero-order valence-electron chi connectivity index (χ0n) is 9.49. The van der Waals surface area contributed by atoms with Crippen molar-refractivity contribution in [3.05, 3.63) is 40.7 Å². The second kappa shape index (κ2) is 5.68. The molecule has 0 spiro atoms. The summed E-state index contributed by atoms with van der Waals surface area (Å²) in [6.07, 6.45) is 0. The van der Waals surface area contributed by atoms with Crippen LogP contribution < -0.4 is 0 Å². The molecule has 96 valence electrons. The van der Waals surface area contributed by atoms with Crippen LogP contribution in [0.25, 0.3) is 11.4 Å². The third kappa shape index (κ3) is 3.12. The first-order chi connectivity index (χ1) is 9.31. The largest absolute Gasteiger partial charge is 0.338 e. The predicted molar refractivity (Wildman–Crippen MR) is 74.2 cm³/mol. The van der Waals surface area contributed by atoms with E-state index in [0.717, 1.165) is 9.90 Å². The number of nitrogens with zero attached hydrogens (tertiary/aromatic N) is 4. The molecule has 2 aromatic heterocycles. The van der Waals surface area contributed by atoms with Crippen LogP contribution in [0.4, 0.5) is 0 Å². The number of benzene rings is 1. The predicted octanol–water partition coefficient (Wildman–Crippen LogP) is 3.53. The van der Waals surface area contributed by atoms with Gasteiger partial charge in [0.2, 0.25) is 11.7 Å². The van der Waals surface area contributed by atoms with Gasteiger partial charge in [-0.1, -0.05) is 52.0 Å². The van der Waals surface area contributed by atoms with Crippen LogP contribution >= 0.6 is 34.7 Å². The number of hydrogen-bond donors (Lipinski definition) is 0. The Balaban J connectivity index is 1.72. The molecule has 0 N–H and O–H groups in total. The normalized spacial score (nSPS) is 10.8. The number of hydrogen-bond acceptors (Lipinski definition) is 7. The maximum Gasteiger partial charge on any atom is 0.237 e. The lowest BCUT2D eigenvalue weighted by atomic mass is 10.2. The van der Waals surface area contributed by atoms with E-state index in [0.29, 0.717) is 22.5 Å². The molecule has 19 heavy (non-hydrogen) atoms. The first-order valence-electron chi connectivity index (χ1n) is 5.29. The molecule has 8 heteroatoms. The molecule has 5 nitrogen and oxygen atoms in total. The molecule has 0 atom stereocenters. The number of thioether (sulfide) groups is 1. The van der Waals surface area contributed by atoms with Crippen molar-refractivity contribution < 1.29 is 4.52 Å². The van der Waals surface area contributed by atoms with Crippen LogP contribution in [0.1, 0.15) is 5.89 Å². The van der Waals surface area contributed by atoms with E-state index in [1.807, 2.05) is 12.1 Å². The molecule has 0 unspecified atom stereocenters. The molecule has 0 saturated heterocycles. The maximum atomic E-state index is 5.93. The monoisotopic (exact) mass is 310 g/mol. The SMILES string of the molecule is Clc1cccc(-c2noc(CSc3nncs3)n2)c1. The molecular weight excluding hydrogens is 304 g/mol. The van der Waals surface area contributed by atoms with Crippen molar-refractivity contribution >= 4 is 34.7 Å². The Bertz CT molecular complexity index is 671. The van der Waals surface area contributed by atoms with E-state index in [9.17, 15) is 0 Å². The van der Waals surface area contributed by atoms with E-state index >= 15 is 0 Å². The zero-order chi connectivity index (χ0) is 13.1. The summed E-state index contributed by atoms with van der Waals surface area (Å²) in [5.41, 5.74) is 2.52. The van der Waals surface area contributed by atoms with Crippen molar-refractivity contribution in [2.45, 2.75) is 10.1 Å². The second-order valence-electron chi connectivity index (χ2n) is 3.52. The summed E-state index contributed by atoms with van der Waals surface area (Å²) >= 11 is 8.92. The van der Waals surface area contributed by atoms with Crippen LogP contribution in [-0.4, -0.2) is 20.3 Å². The maximum absolute atomic E-state index is 5.93. The molecule has 0 aliphatic rings. The molecule has 0 amide bonds. The summed E-state index contributed by atoms with van der Waals surface area (Å²) < 4.78 is 6.07. The van der Waals surface area contributed by atoms with Crippen molar-refractivity contribution in [1.29, 1.82) is 0 Å². The highest BCUT2D eigenvalue weighted by atomic mass is 35.5. The first-order valence-corrected chi connectivity index (χ1v) is 7.53. The Morgan fingerprint density at radius 2 is 2.32 bits per heavy atom. The van der Waals surface area contributed by atoms with Gasteiger partial charge in [-0.25, -0.2) is 0 Å². The van der Waals surface area contributed by atoms with Gasteiger partial charge in [0.05, 0.1) is 5.75 Å². The van der Waals surface area contributed by atoms with Gasteiger partial charge in [0.1, 0.15) is 5.51 Å². The van der Waals surface area contributed by atoms with Crippen molar-refractivity contribution in [3.8, 4) is 11.4 Å². The summed E-state index contributed by atoms with van der Waals surface area (Å²) in [7, 11) is 0. The van der Waals surface area contributed by atoms with E-state index in [2.05, 4.69) is 20.3 Å². The zero-order valence-corrected chi connectivity index (χ0v) is 11.9. The number of halogens is 1. The summed E-state index contributed by atoms with van der Waals surface area (Å²) in [4.78, 5) is 4.32. The topological polar surface area (TPSA) is 64.7 Å². The van der Waals surface area contributed by atoms with Crippen molar-refractivity contribution in [3.63, 3.8) is 0 Å². The molecule has 0 saturated carbocycles. The smallest absolute Gasteiger partial charge is 0.237 e. The van der Waals surface area contributed by atoms with Crippen molar-refractivity contribution in [2.75, 3.05) is 0 Å². The third-order valence-electron chi connectivity index (χ3n) is 2.21. The fraction of sp³-hybridized carbons (Fsp3) is 0.0909. The standard InChI is InChI=1S/C11H7ClN4OS2/c12-8-3-1-2-7(4-8)10-14-9(17-16-10)5-18-11-15-13-6-19-11/h1-4,6H,5H2. The van der Waals surface area contributed by atoms with Crippen LogP contribution in [0.3, 0.4) is 0 Å². The highest BCUT2D eigenvalue weighted by Crippen LogP contribution is 2.25. The summed E-state index contributed by atoms with van der Waals surface area (Å²) in [6.45, 7) is 0. The molecular formula is C11H7ClN4OS2. The van der Waals surface area contributed by atoms with Gasteiger partial charge in [-0.2, -0.15) is 4.98 Å². The van der Waals surface area contributed by atoms with Gasteiger partial charge in [0.25, 0.3) is 0 Å². The quantitative estimate of drug-likeness (QED) is 0.687. The average Bonchev–Trinajstić information content (AvgIpc) is 3.08.